The Labute approximate surface area is 146 Å². The zero-order valence-corrected chi connectivity index (χ0v) is 14.3. The van der Waals surface area contributed by atoms with Crippen molar-refractivity contribution < 1.29 is 19.2 Å². The van der Waals surface area contributed by atoms with Gasteiger partial charge in [-0.1, -0.05) is 5.16 Å². The number of hydrogen-bond acceptors (Lipinski definition) is 5. The molecule has 1 fully saturated rings. The number of aliphatic hydroxyl groups is 1. The van der Waals surface area contributed by atoms with E-state index in [1.54, 1.807) is 17.9 Å². The third kappa shape index (κ3) is 3.14. The molecule has 1 amide bonds. The van der Waals surface area contributed by atoms with E-state index < -0.39 is 6.10 Å². The maximum atomic E-state index is 12.7. The highest BCUT2D eigenvalue weighted by Gasteiger charge is 2.29. The number of ether oxygens (including phenoxy) is 1. The van der Waals surface area contributed by atoms with Crippen molar-refractivity contribution in [2.75, 3.05) is 19.7 Å². The Kier molecular flexibility index (Phi) is 4.21. The van der Waals surface area contributed by atoms with Crippen LogP contribution in [0.2, 0.25) is 0 Å². The molecule has 2 atom stereocenters. The minimum Gasteiger partial charge on any atom is -0.493 e. The van der Waals surface area contributed by atoms with Crippen molar-refractivity contribution in [1.29, 1.82) is 0 Å². The van der Waals surface area contributed by atoms with Gasteiger partial charge in [-0.25, -0.2) is 0 Å². The topological polar surface area (TPSA) is 75.8 Å². The fraction of sp³-hybridized carbons (Fsp3) is 0.474. The third-order valence-corrected chi connectivity index (χ3v) is 5.13. The van der Waals surface area contributed by atoms with E-state index in [0.717, 1.165) is 36.1 Å². The highest BCUT2D eigenvalue weighted by molar-refractivity contribution is 5.92. The first kappa shape index (κ1) is 16.1. The van der Waals surface area contributed by atoms with Crippen molar-refractivity contribution in [2.45, 2.75) is 32.3 Å². The maximum Gasteiger partial charge on any atom is 0.292 e. The average molecular weight is 342 g/mol. The number of benzene rings is 1. The molecule has 3 heterocycles. The number of fused-ring (bicyclic) bond motifs is 1. The second-order valence-corrected chi connectivity index (χ2v) is 6.89. The number of hydrogen-bond donors (Lipinski definition) is 1. The number of likely N-dealkylation sites (tertiary alicyclic amines) is 1. The van der Waals surface area contributed by atoms with Crippen LogP contribution in [0.3, 0.4) is 0 Å². The average Bonchev–Trinajstić information content (AvgIpc) is 3.29. The normalized spacial score (nSPS) is 20.9. The largest absolute Gasteiger partial charge is 0.493 e. The molecule has 2 aliphatic heterocycles. The smallest absolute Gasteiger partial charge is 0.292 e. The Hall–Kier alpha value is -2.34. The summed E-state index contributed by atoms with van der Waals surface area (Å²) in [5, 5.41) is 13.9. The molecule has 0 bridgehead atoms. The van der Waals surface area contributed by atoms with E-state index in [9.17, 15) is 9.90 Å². The van der Waals surface area contributed by atoms with Gasteiger partial charge < -0.3 is 19.3 Å². The lowest BCUT2D eigenvalue weighted by molar-refractivity contribution is 0.0436. The van der Waals surface area contributed by atoms with Crippen LogP contribution in [0.25, 0.3) is 11.3 Å². The lowest BCUT2D eigenvalue weighted by atomic mass is 9.93. The monoisotopic (exact) mass is 342 g/mol. The Bertz CT molecular complexity index is 783. The number of amides is 1. The van der Waals surface area contributed by atoms with Gasteiger partial charge in [-0.05, 0) is 43.5 Å². The van der Waals surface area contributed by atoms with E-state index in [2.05, 4.69) is 5.16 Å². The van der Waals surface area contributed by atoms with Gasteiger partial charge in [0.2, 0.25) is 5.76 Å². The predicted octanol–water partition coefficient (Wildman–Crippen LogP) is 2.51. The van der Waals surface area contributed by atoms with Crippen LogP contribution >= 0.6 is 0 Å². The summed E-state index contributed by atoms with van der Waals surface area (Å²) in [6, 6.07) is 7.61. The second kappa shape index (κ2) is 6.52. The maximum absolute atomic E-state index is 12.7. The van der Waals surface area contributed by atoms with Crippen LogP contribution in [-0.4, -0.2) is 46.9 Å². The first-order chi connectivity index (χ1) is 12.1. The van der Waals surface area contributed by atoms with Crippen LogP contribution in [0.1, 0.15) is 35.9 Å². The molecule has 25 heavy (non-hydrogen) atoms. The van der Waals surface area contributed by atoms with Crippen molar-refractivity contribution in [3.8, 4) is 17.0 Å². The first-order valence-electron chi connectivity index (χ1n) is 8.82. The van der Waals surface area contributed by atoms with Gasteiger partial charge in [0, 0.05) is 37.1 Å². The molecule has 0 saturated carbocycles. The summed E-state index contributed by atoms with van der Waals surface area (Å²) in [7, 11) is 0. The zero-order valence-electron chi connectivity index (χ0n) is 14.3. The van der Waals surface area contributed by atoms with E-state index in [0.29, 0.717) is 25.4 Å². The Morgan fingerprint density at radius 1 is 1.40 bits per heavy atom. The standard InChI is InChI=1S/C19H22N2O4/c1-12(22)15-3-2-7-21(11-15)19(23)18-10-16(20-25-18)13-4-5-17-14(9-13)6-8-24-17/h4-5,9-10,12,15,22H,2-3,6-8,11H2,1H3. The zero-order chi connectivity index (χ0) is 17.4. The van der Waals surface area contributed by atoms with Crippen LogP contribution in [0.5, 0.6) is 5.75 Å². The molecule has 6 nitrogen and oxygen atoms in total. The van der Waals surface area contributed by atoms with Gasteiger partial charge in [0.15, 0.2) is 0 Å². The lowest BCUT2D eigenvalue weighted by Crippen LogP contribution is -2.42. The van der Waals surface area contributed by atoms with Crippen LogP contribution < -0.4 is 4.74 Å². The summed E-state index contributed by atoms with van der Waals surface area (Å²) in [5.74, 6) is 1.13. The van der Waals surface area contributed by atoms with Crippen LogP contribution in [0.4, 0.5) is 0 Å². The molecule has 2 unspecified atom stereocenters. The molecule has 2 aliphatic rings. The molecule has 132 valence electrons. The van der Waals surface area contributed by atoms with Gasteiger partial charge in [0.25, 0.3) is 5.91 Å². The molecule has 1 aromatic carbocycles. The molecule has 0 aliphatic carbocycles. The minimum absolute atomic E-state index is 0.122. The molecule has 6 heteroatoms. The van der Waals surface area contributed by atoms with Crippen molar-refractivity contribution >= 4 is 5.91 Å². The number of carbonyl (C=O) groups is 1. The highest BCUT2D eigenvalue weighted by atomic mass is 16.5. The molecule has 0 radical (unpaired) electrons. The molecule has 2 aromatic rings. The van der Waals surface area contributed by atoms with Crippen molar-refractivity contribution in [3.05, 3.63) is 35.6 Å². The molecule has 1 aromatic heterocycles. The third-order valence-electron chi connectivity index (χ3n) is 5.13. The van der Waals surface area contributed by atoms with Crippen molar-refractivity contribution in [1.82, 2.24) is 10.1 Å². The summed E-state index contributed by atoms with van der Waals surface area (Å²) in [6.45, 7) is 3.74. The van der Waals surface area contributed by atoms with Crippen LogP contribution in [0, 0.1) is 5.92 Å². The Morgan fingerprint density at radius 2 is 2.28 bits per heavy atom. The highest BCUT2D eigenvalue weighted by Crippen LogP contribution is 2.30. The molecule has 1 saturated heterocycles. The van der Waals surface area contributed by atoms with E-state index >= 15 is 0 Å². The molecule has 4 rings (SSSR count). The number of carbonyl (C=O) groups excluding carboxylic acids is 1. The number of aliphatic hydroxyl groups excluding tert-OH is 1. The van der Waals surface area contributed by atoms with Gasteiger partial charge in [0.05, 0.1) is 12.7 Å². The van der Waals surface area contributed by atoms with Crippen molar-refractivity contribution in [3.63, 3.8) is 0 Å². The summed E-state index contributed by atoms with van der Waals surface area (Å²) >= 11 is 0. The summed E-state index contributed by atoms with van der Waals surface area (Å²) in [5.41, 5.74) is 2.74. The molecule has 0 spiro atoms. The first-order valence-corrected chi connectivity index (χ1v) is 8.82. The predicted molar refractivity (Wildman–Crippen MR) is 91.4 cm³/mol. The van der Waals surface area contributed by atoms with Crippen molar-refractivity contribution in [2.24, 2.45) is 5.92 Å². The van der Waals surface area contributed by atoms with E-state index in [1.165, 1.54) is 0 Å². The fourth-order valence-corrected chi connectivity index (χ4v) is 3.60. The second-order valence-electron chi connectivity index (χ2n) is 6.89. The number of nitrogens with zero attached hydrogens (tertiary/aromatic N) is 2. The van der Waals surface area contributed by atoms with Gasteiger partial charge >= 0.3 is 0 Å². The summed E-state index contributed by atoms with van der Waals surface area (Å²) in [6.07, 6.45) is 2.32. The Balaban J connectivity index is 1.52. The molecular weight excluding hydrogens is 320 g/mol. The molecular formula is C19H22N2O4. The number of piperidine rings is 1. The Morgan fingerprint density at radius 3 is 3.12 bits per heavy atom. The number of aromatic nitrogens is 1. The van der Waals surface area contributed by atoms with Crippen LogP contribution in [0.15, 0.2) is 28.8 Å². The van der Waals surface area contributed by atoms with Gasteiger partial charge in [0.1, 0.15) is 11.4 Å². The van der Waals surface area contributed by atoms with Gasteiger partial charge in [-0.2, -0.15) is 0 Å². The quantitative estimate of drug-likeness (QED) is 0.927. The molecule has 1 N–H and O–H groups in total. The van der Waals surface area contributed by atoms with Gasteiger partial charge in [-0.3, -0.25) is 4.79 Å². The SMILES string of the molecule is CC(O)C1CCCN(C(=O)c2cc(-c3ccc4c(c3)CCO4)no2)C1. The van der Waals surface area contributed by atoms with Crippen LogP contribution in [-0.2, 0) is 6.42 Å². The van der Waals surface area contributed by atoms with Gasteiger partial charge in [-0.15, -0.1) is 0 Å². The minimum atomic E-state index is -0.408. The summed E-state index contributed by atoms with van der Waals surface area (Å²) in [4.78, 5) is 14.4. The summed E-state index contributed by atoms with van der Waals surface area (Å²) < 4.78 is 10.8. The number of rotatable bonds is 3. The van der Waals surface area contributed by atoms with E-state index in [-0.39, 0.29) is 17.6 Å². The van der Waals surface area contributed by atoms with E-state index in [1.807, 2.05) is 18.2 Å². The lowest BCUT2D eigenvalue weighted by Gasteiger charge is -2.33. The van der Waals surface area contributed by atoms with E-state index in [4.69, 9.17) is 9.26 Å². The fourth-order valence-electron chi connectivity index (χ4n) is 3.60.